The third-order valence-electron chi connectivity index (χ3n) is 3.77. The number of hydrogen-bond acceptors (Lipinski definition) is 4. The van der Waals surface area contributed by atoms with Gasteiger partial charge >= 0.3 is 5.69 Å². The maximum Gasteiger partial charge on any atom is 0.332 e. The first-order chi connectivity index (χ1) is 9.97. The Morgan fingerprint density at radius 2 is 1.95 bits per heavy atom. The molecule has 0 radical (unpaired) electrons. The molecule has 3 aromatic heterocycles. The number of nitrogens with zero attached hydrogens (tertiary/aromatic N) is 5. The second kappa shape index (κ2) is 4.59. The minimum atomic E-state index is -0.381. The van der Waals surface area contributed by atoms with E-state index < -0.39 is 0 Å². The molecule has 3 rings (SSSR count). The number of rotatable bonds is 3. The summed E-state index contributed by atoms with van der Waals surface area (Å²) in [7, 11) is 4.72. The van der Waals surface area contributed by atoms with Crippen molar-refractivity contribution in [2.45, 2.75) is 13.5 Å². The van der Waals surface area contributed by atoms with Gasteiger partial charge in [0, 0.05) is 39.6 Å². The predicted octanol–water partition coefficient (Wildman–Crippen LogP) is -0.359. The number of methoxy groups -OCH3 is 1. The summed E-state index contributed by atoms with van der Waals surface area (Å²) in [6.45, 7) is 3.13. The van der Waals surface area contributed by atoms with Crippen molar-refractivity contribution >= 4 is 16.9 Å². The number of aryl methyl sites for hydroxylation is 2. The fraction of sp³-hybridized carbons (Fsp3) is 0.462. The topological polar surface area (TPSA) is 75.5 Å². The minimum Gasteiger partial charge on any atom is -0.383 e. The molecule has 0 fully saturated rings. The van der Waals surface area contributed by atoms with Crippen molar-refractivity contribution in [2.24, 2.45) is 14.1 Å². The highest BCUT2D eigenvalue weighted by Crippen LogP contribution is 2.15. The van der Waals surface area contributed by atoms with Crippen LogP contribution in [0.25, 0.3) is 16.9 Å². The Hall–Kier alpha value is -2.35. The lowest BCUT2D eigenvalue weighted by Gasteiger charge is -2.04. The van der Waals surface area contributed by atoms with E-state index in [0.29, 0.717) is 30.1 Å². The van der Waals surface area contributed by atoms with Crippen molar-refractivity contribution in [1.82, 2.24) is 23.1 Å². The number of imidazole rings is 2. The third kappa shape index (κ3) is 1.75. The summed E-state index contributed by atoms with van der Waals surface area (Å²) >= 11 is 0. The van der Waals surface area contributed by atoms with E-state index in [-0.39, 0.29) is 11.2 Å². The minimum absolute atomic E-state index is 0.343. The zero-order chi connectivity index (χ0) is 15.3. The average molecular weight is 291 g/mol. The lowest BCUT2D eigenvalue weighted by molar-refractivity contribution is 0.187. The Bertz CT molecular complexity index is 956. The lowest BCUT2D eigenvalue weighted by atomic mass is 10.5. The van der Waals surface area contributed by atoms with Crippen LogP contribution in [0, 0.1) is 6.92 Å². The van der Waals surface area contributed by atoms with Gasteiger partial charge in [0.15, 0.2) is 11.2 Å². The highest BCUT2D eigenvalue weighted by Gasteiger charge is 2.18. The summed E-state index contributed by atoms with van der Waals surface area (Å²) < 4.78 is 11.3. The molecule has 0 atom stereocenters. The molecule has 0 aromatic carbocycles. The van der Waals surface area contributed by atoms with Gasteiger partial charge in [-0.15, -0.1) is 0 Å². The maximum absolute atomic E-state index is 12.4. The number of hydrogen-bond donors (Lipinski definition) is 0. The Labute approximate surface area is 119 Å². The van der Waals surface area contributed by atoms with Crippen LogP contribution in [0.2, 0.25) is 0 Å². The van der Waals surface area contributed by atoms with E-state index in [2.05, 4.69) is 4.98 Å². The zero-order valence-corrected chi connectivity index (χ0v) is 12.5. The van der Waals surface area contributed by atoms with Crippen LogP contribution in [0.4, 0.5) is 0 Å². The van der Waals surface area contributed by atoms with Crippen molar-refractivity contribution in [3.8, 4) is 0 Å². The van der Waals surface area contributed by atoms with Gasteiger partial charge in [0.05, 0.1) is 6.61 Å². The van der Waals surface area contributed by atoms with Gasteiger partial charge in [-0.25, -0.2) is 4.79 Å². The van der Waals surface area contributed by atoms with Gasteiger partial charge in [0.25, 0.3) is 5.56 Å². The van der Waals surface area contributed by atoms with E-state index in [4.69, 9.17) is 4.74 Å². The summed E-state index contributed by atoms with van der Waals surface area (Å²) in [6, 6.07) is 0. The summed E-state index contributed by atoms with van der Waals surface area (Å²) in [6.07, 6.45) is 1.85. The van der Waals surface area contributed by atoms with Gasteiger partial charge < -0.3 is 9.30 Å². The highest BCUT2D eigenvalue weighted by atomic mass is 16.5. The average Bonchev–Trinajstić information content (AvgIpc) is 2.96. The van der Waals surface area contributed by atoms with Crippen LogP contribution in [-0.2, 0) is 25.4 Å². The molecule has 0 amide bonds. The van der Waals surface area contributed by atoms with Crippen molar-refractivity contribution < 1.29 is 4.74 Å². The monoisotopic (exact) mass is 291 g/mol. The quantitative estimate of drug-likeness (QED) is 0.660. The molecule has 8 nitrogen and oxygen atoms in total. The van der Waals surface area contributed by atoms with E-state index in [9.17, 15) is 9.59 Å². The first-order valence-electron chi connectivity index (χ1n) is 6.60. The number of fused-ring (bicyclic) bond motifs is 3. The Kier molecular flexibility index (Phi) is 2.98. The van der Waals surface area contributed by atoms with Crippen LogP contribution in [0.15, 0.2) is 15.8 Å². The summed E-state index contributed by atoms with van der Waals surface area (Å²) in [5.41, 5.74) is 1.06. The number of ether oxygens (including phenoxy) is 1. The molecule has 0 aliphatic rings. The van der Waals surface area contributed by atoms with E-state index in [1.165, 1.54) is 11.6 Å². The molecule has 3 heterocycles. The first-order valence-corrected chi connectivity index (χ1v) is 6.60. The zero-order valence-electron chi connectivity index (χ0n) is 12.5. The van der Waals surface area contributed by atoms with Crippen LogP contribution < -0.4 is 11.2 Å². The SMILES string of the molecule is COCCn1c(C)cn2c3c(=O)n(C)c(=O)n(C)c3nc12. The molecular weight excluding hydrogens is 274 g/mol. The maximum atomic E-state index is 12.4. The molecule has 0 bridgehead atoms. The fourth-order valence-corrected chi connectivity index (χ4v) is 2.59. The molecular formula is C13H17N5O3. The van der Waals surface area contributed by atoms with Crippen LogP contribution in [0.3, 0.4) is 0 Å². The van der Waals surface area contributed by atoms with Gasteiger partial charge in [-0.3, -0.25) is 18.3 Å². The highest BCUT2D eigenvalue weighted by molar-refractivity contribution is 5.75. The van der Waals surface area contributed by atoms with Gasteiger partial charge in [0.2, 0.25) is 5.78 Å². The van der Waals surface area contributed by atoms with E-state index in [1.54, 1.807) is 18.6 Å². The fourth-order valence-electron chi connectivity index (χ4n) is 2.59. The molecule has 21 heavy (non-hydrogen) atoms. The van der Waals surface area contributed by atoms with Crippen molar-refractivity contribution in [1.29, 1.82) is 0 Å². The Balaban J connectivity index is 2.45. The standard InChI is InChI=1S/C13H17N5O3/c1-8-7-18-9-10(14-12(18)17(8)5-6-21-4)15(2)13(20)16(3)11(9)19/h7H,5-6H2,1-4H3. The normalized spacial score (nSPS) is 11.8. The van der Waals surface area contributed by atoms with Crippen LogP contribution >= 0.6 is 0 Å². The van der Waals surface area contributed by atoms with Crippen LogP contribution in [0.1, 0.15) is 5.69 Å². The number of aromatic nitrogens is 5. The molecule has 0 saturated heterocycles. The van der Waals surface area contributed by atoms with Gasteiger partial charge in [-0.2, -0.15) is 4.98 Å². The molecule has 0 saturated carbocycles. The van der Waals surface area contributed by atoms with Gasteiger partial charge in [-0.05, 0) is 6.92 Å². The predicted molar refractivity (Wildman–Crippen MR) is 77.8 cm³/mol. The Morgan fingerprint density at radius 1 is 1.24 bits per heavy atom. The van der Waals surface area contributed by atoms with E-state index in [0.717, 1.165) is 10.3 Å². The summed E-state index contributed by atoms with van der Waals surface area (Å²) in [5.74, 6) is 0.637. The van der Waals surface area contributed by atoms with Gasteiger partial charge in [-0.1, -0.05) is 0 Å². The second-order valence-corrected chi connectivity index (χ2v) is 5.07. The molecule has 0 aliphatic heterocycles. The van der Waals surface area contributed by atoms with Crippen molar-refractivity contribution in [2.75, 3.05) is 13.7 Å². The van der Waals surface area contributed by atoms with E-state index in [1.807, 2.05) is 17.7 Å². The molecule has 0 N–H and O–H groups in total. The van der Waals surface area contributed by atoms with Crippen LogP contribution in [0.5, 0.6) is 0 Å². The largest absolute Gasteiger partial charge is 0.383 e. The second-order valence-electron chi connectivity index (χ2n) is 5.07. The molecule has 0 unspecified atom stereocenters. The molecule has 112 valence electrons. The molecule has 0 spiro atoms. The summed E-state index contributed by atoms with van der Waals surface area (Å²) in [5, 5.41) is 0. The summed E-state index contributed by atoms with van der Waals surface area (Å²) in [4.78, 5) is 28.8. The van der Waals surface area contributed by atoms with E-state index >= 15 is 0 Å². The lowest BCUT2D eigenvalue weighted by Crippen LogP contribution is -2.37. The van der Waals surface area contributed by atoms with Crippen molar-refractivity contribution in [3.63, 3.8) is 0 Å². The molecule has 0 aliphatic carbocycles. The van der Waals surface area contributed by atoms with Crippen molar-refractivity contribution in [3.05, 3.63) is 32.7 Å². The van der Waals surface area contributed by atoms with Crippen LogP contribution in [-0.4, -0.2) is 36.8 Å². The third-order valence-corrected chi connectivity index (χ3v) is 3.77. The molecule has 3 aromatic rings. The molecule has 8 heteroatoms. The van der Waals surface area contributed by atoms with Gasteiger partial charge in [0.1, 0.15) is 0 Å². The first kappa shape index (κ1) is 13.6. The smallest absolute Gasteiger partial charge is 0.332 e. The Morgan fingerprint density at radius 3 is 2.62 bits per heavy atom.